The van der Waals surface area contributed by atoms with Crippen LogP contribution in [0.4, 0.5) is 0 Å². The molecule has 118 valence electrons. The molecule has 21 heavy (non-hydrogen) atoms. The molecule has 0 saturated carbocycles. The Labute approximate surface area is 134 Å². The molecule has 0 saturated heterocycles. The number of methoxy groups -OCH3 is 1. The second kappa shape index (κ2) is 10.6. The predicted octanol–water partition coefficient (Wildman–Crippen LogP) is 1.69. The Hall–Kier alpha value is -1.08. The summed E-state index contributed by atoms with van der Waals surface area (Å²) in [6.45, 7) is 7.24. The highest BCUT2D eigenvalue weighted by Gasteiger charge is 2.11. The SMILES string of the molecule is C=CCOc1c(Br)cc(CNCCNCCO)cc1OC. The Balaban J connectivity index is 2.55. The van der Waals surface area contributed by atoms with Gasteiger partial charge in [-0.15, -0.1) is 0 Å². The zero-order valence-electron chi connectivity index (χ0n) is 12.3. The van der Waals surface area contributed by atoms with Gasteiger partial charge in [-0.25, -0.2) is 0 Å². The van der Waals surface area contributed by atoms with E-state index >= 15 is 0 Å². The number of rotatable bonds is 11. The summed E-state index contributed by atoms with van der Waals surface area (Å²) in [6.07, 6.45) is 1.70. The van der Waals surface area contributed by atoms with Gasteiger partial charge in [-0.2, -0.15) is 0 Å². The minimum Gasteiger partial charge on any atom is -0.493 e. The molecule has 5 nitrogen and oxygen atoms in total. The maximum absolute atomic E-state index is 8.66. The van der Waals surface area contributed by atoms with Crippen LogP contribution in [0.15, 0.2) is 29.3 Å². The van der Waals surface area contributed by atoms with Gasteiger partial charge in [0.05, 0.1) is 18.2 Å². The van der Waals surface area contributed by atoms with E-state index in [9.17, 15) is 0 Å². The van der Waals surface area contributed by atoms with Crippen molar-refractivity contribution in [3.8, 4) is 11.5 Å². The van der Waals surface area contributed by atoms with Crippen molar-refractivity contribution in [1.29, 1.82) is 0 Å². The molecule has 0 aliphatic carbocycles. The molecule has 0 bridgehead atoms. The van der Waals surface area contributed by atoms with E-state index in [1.165, 1.54) is 0 Å². The third-order valence-electron chi connectivity index (χ3n) is 2.73. The van der Waals surface area contributed by atoms with E-state index in [0.717, 1.165) is 29.7 Å². The molecular formula is C15H23BrN2O3. The van der Waals surface area contributed by atoms with Gasteiger partial charge in [-0.05, 0) is 33.6 Å². The van der Waals surface area contributed by atoms with Crippen LogP contribution in [-0.2, 0) is 6.54 Å². The van der Waals surface area contributed by atoms with Crippen molar-refractivity contribution in [3.63, 3.8) is 0 Å². The third-order valence-corrected chi connectivity index (χ3v) is 3.32. The Bertz CT molecular complexity index is 441. The molecule has 1 aromatic carbocycles. The lowest BCUT2D eigenvalue weighted by Gasteiger charge is -2.14. The van der Waals surface area contributed by atoms with Crippen LogP contribution >= 0.6 is 15.9 Å². The summed E-state index contributed by atoms with van der Waals surface area (Å²) in [6, 6.07) is 3.96. The summed E-state index contributed by atoms with van der Waals surface area (Å²) >= 11 is 3.50. The third kappa shape index (κ3) is 6.48. The van der Waals surface area contributed by atoms with Crippen LogP contribution in [-0.4, -0.2) is 45.1 Å². The number of halogens is 1. The molecular weight excluding hydrogens is 336 g/mol. The molecule has 0 amide bonds. The average Bonchev–Trinajstić information content (AvgIpc) is 2.49. The highest BCUT2D eigenvalue weighted by molar-refractivity contribution is 9.10. The van der Waals surface area contributed by atoms with Crippen molar-refractivity contribution in [3.05, 3.63) is 34.8 Å². The lowest BCUT2D eigenvalue weighted by Crippen LogP contribution is -2.28. The number of aliphatic hydroxyl groups is 1. The van der Waals surface area contributed by atoms with Gasteiger partial charge in [0.15, 0.2) is 11.5 Å². The van der Waals surface area contributed by atoms with Crippen LogP contribution in [0, 0.1) is 0 Å². The van der Waals surface area contributed by atoms with E-state index in [1.54, 1.807) is 13.2 Å². The van der Waals surface area contributed by atoms with Crippen molar-refractivity contribution in [1.82, 2.24) is 10.6 Å². The quantitative estimate of drug-likeness (QED) is 0.415. The molecule has 0 heterocycles. The molecule has 0 aliphatic heterocycles. The van der Waals surface area contributed by atoms with Crippen molar-refractivity contribution >= 4 is 15.9 Å². The summed E-state index contributed by atoms with van der Waals surface area (Å²) in [5.41, 5.74) is 1.10. The first kappa shape index (κ1) is 18.0. The molecule has 0 fully saturated rings. The van der Waals surface area contributed by atoms with Crippen molar-refractivity contribution < 1.29 is 14.6 Å². The fourth-order valence-electron chi connectivity index (χ4n) is 1.77. The minimum absolute atomic E-state index is 0.163. The van der Waals surface area contributed by atoms with Gasteiger partial charge in [0.2, 0.25) is 0 Å². The molecule has 1 rings (SSSR count). The standard InChI is InChI=1S/C15H23BrN2O3/c1-3-8-21-15-13(16)9-12(10-14(15)20-2)11-18-5-4-17-6-7-19/h3,9-10,17-19H,1,4-8,11H2,2H3. The van der Waals surface area contributed by atoms with Gasteiger partial charge in [0.25, 0.3) is 0 Å². The second-order valence-corrected chi connectivity index (χ2v) is 5.21. The maximum atomic E-state index is 8.66. The smallest absolute Gasteiger partial charge is 0.175 e. The normalized spacial score (nSPS) is 10.4. The Kier molecular flexibility index (Phi) is 9.09. The van der Waals surface area contributed by atoms with Crippen molar-refractivity contribution in [2.24, 2.45) is 0 Å². The molecule has 0 spiro atoms. The van der Waals surface area contributed by atoms with E-state index < -0.39 is 0 Å². The number of nitrogens with one attached hydrogen (secondary N) is 2. The molecule has 0 radical (unpaired) electrons. The summed E-state index contributed by atoms with van der Waals surface area (Å²) in [4.78, 5) is 0. The van der Waals surface area contributed by atoms with Gasteiger partial charge in [-0.3, -0.25) is 0 Å². The van der Waals surface area contributed by atoms with E-state index in [0.29, 0.717) is 24.7 Å². The number of benzene rings is 1. The maximum Gasteiger partial charge on any atom is 0.175 e. The monoisotopic (exact) mass is 358 g/mol. The highest BCUT2D eigenvalue weighted by Crippen LogP contribution is 2.36. The Morgan fingerprint density at radius 3 is 2.71 bits per heavy atom. The van der Waals surface area contributed by atoms with E-state index in [2.05, 4.69) is 33.1 Å². The first-order valence-electron chi connectivity index (χ1n) is 6.85. The second-order valence-electron chi connectivity index (χ2n) is 4.36. The van der Waals surface area contributed by atoms with E-state index in [4.69, 9.17) is 14.6 Å². The number of hydrogen-bond acceptors (Lipinski definition) is 5. The van der Waals surface area contributed by atoms with Gasteiger partial charge in [0.1, 0.15) is 6.61 Å². The number of ether oxygens (including phenoxy) is 2. The molecule has 0 aliphatic rings. The molecule has 0 atom stereocenters. The molecule has 0 unspecified atom stereocenters. The van der Waals surface area contributed by atoms with Gasteiger partial charge in [0, 0.05) is 26.2 Å². The van der Waals surface area contributed by atoms with Crippen LogP contribution in [0.1, 0.15) is 5.56 Å². The zero-order chi connectivity index (χ0) is 15.5. The summed E-state index contributed by atoms with van der Waals surface area (Å²) in [5, 5.41) is 15.1. The Morgan fingerprint density at radius 1 is 1.29 bits per heavy atom. The first-order valence-corrected chi connectivity index (χ1v) is 7.64. The minimum atomic E-state index is 0.163. The fraction of sp³-hybridized carbons (Fsp3) is 0.467. The average molecular weight is 359 g/mol. The van der Waals surface area contributed by atoms with E-state index in [-0.39, 0.29) is 6.61 Å². The van der Waals surface area contributed by atoms with Gasteiger partial charge < -0.3 is 25.2 Å². The number of hydrogen-bond donors (Lipinski definition) is 3. The molecule has 6 heteroatoms. The van der Waals surface area contributed by atoms with Crippen LogP contribution < -0.4 is 20.1 Å². The Morgan fingerprint density at radius 2 is 2.05 bits per heavy atom. The van der Waals surface area contributed by atoms with Crippen LogP contribution in [0.25, 0.3) is 0 Å². The van der Waals surface area contributed by atoms with Crippen LogP contribution in [0.2, 0.25) is 0 Å². The van der Waals surface area contributed by atoms with E-state index in [1.807, 2.05) is 12.1 Å². The molecule has 0 aromatic heterocycles. The zero-order valence-corrected chi connectivity index (χ0v) is 13.9. The largest absolute Gasteiger partial charge is 0.493 e. The van der Waals surface area contributed by atoms with Crippen LogP contribution in [0.3, 0.4) is 0 Å². The van der Waals surface area contributed by atoms with Crippen molar-refractivity contribution in [2.75, 3.05) is 40.0 Å². The predicted molar refractivity (Wildman–Crippen MR) is 88.0 cm³/mol. The topological polar surface area (TPSA) is 62.8 Å². The molecule has 3 N–H and O–H groups in total. The van der Waals surface area contributed by atoms with Gasteiger partial charge in [-0.1, -0.05) is 12.7 Å². The van der Waals surface area contributed by atoms with Crippen molar-refractivity contribution in [2.45, 2.75) is 6.54 Å². The first-order chi connectivity index (χ1) is 10.2. The van der Waals surface area contributed by atoms with Gasteiger partial charge >= 0.3 is 0 Å². The lowest BCUT2D eigenvalue weighted by molar-refractivity contribution is 0.292. The lowest BCUT2D eigenvalue weighted by atomic mass is 10.2. The summed E-state index contributed by atoms with van der Waals surface area (Å²) in [5.74, 6) is 1.38. The summed E-state index contributed by atoms with van der Waals surface area (Å²) in [7, 11) is 1.62. The number of aliphatic hydroxyl groups excluding tert-OH is 1. The fourth-order valence-corrected chi connectivity index (χ4v) is 2.38. The highest BCUT2D eigenvalue weighted by atomic mass is 79.9. The van der Waals surface area contributed by atoms with Crippen LogP contribution in [0.5, 0.6) is 11.5 Å². The summed E-state index contributed by atoms with van der Waals surface area (Å²) < 4.78 is 11.8. The molecule has 1 aromatic rings.